The van der Waals surface area contributed by atoms with Crippen molar-refractivity contribution >= 4 is 28.0 Å². The minimum Gasteiger partial charge on any atom is -0.360 e. The Hall–Kier alpha value is -1.34. The highest BCUT2D eigenvalue weighted by molar-refractivity contribution is 9.10. The third kappa shape index (κ3) is 3.81. The van der Waals surface area contributed by atoms with E-state index in [1.165, 1.54) is 0 Å². The van der Waals surface area contributed by atoms with E-state index in [2.05, 4.69) is 20.8 Å². The number of carbonyl (C=O) groups excluding carboxylic acids is 1. The molecule has 1 aromatic carbocycles. The zero-order valence-electron chi connectivity index (χ0n) is 9.58. The van der Waals surface area contributed by atoms with Crippen LogP contribution in [0.4, 0.5) is 13.2 Å². The van der Waals surface area contributed by atoms with Gasteiger partial charge in [-0.25, -0.2) is 4.79 Å². The van der Waals surface area contributed by atoms with Gasteiger partial charge in [0.1, 0.15) is 0 Å². The lowest BCUT2D eigenvalue weighted by Gasteiger charge is -2.31. The van der Waals surface area contributed by atoms with Gasteiger partial charge in [0.05, 0.1) is 13.1 Å². The second-order valence-corrected chi connectivity index (χ2v) is 4.94. The second-order valence-electron chi connectivity index (χ2n) is 4.03. The Morgan fingerprint density at radius 2 is 1.84 bits per heavy atom. The summed E-state index contributed by atoms with van der Waals surface area (Å²) in [5, 5.41) is 0.973. The van der Waals surface area contributed by atoms with Gasteiger partial charge in [-0.05, 0) is 23.3 Å². The van der Waals surface area contributed by atoms with Crippen LogP contribution >= 0.6 is 15.9 Å². The number of alkyl halides is 3. The van der Waals surface area contributed by atoms with Crippen molar-refractivity contribution in [3.63, 3.8) is 0 Å². The molecule has 1 aliphatic heterocycles. The van der Waals surface area contributed by atoms with Crippen molar-refractivity contribution in [1.29, 1.82) is 0 Å². The van der Waals surface area contributed by atoms with Gasteiger partial charge in [-0.1, -0.05) is 34.1 Å². The number of carbonyl (C=O) groups is 1. The van der Waals surface area contributed by atoms with Gasteiger partial charge in [0.25, 0.3) is 0 Å². The molecule has 1 fully saturated rings. The van der Waals surface area contributed by atoms with Gasteiger partial charge >= 0.3 is 12.1 Å². The molecule has 1 aliphatic rings. The minimum absolute atomic E-state index is 0.192. The fourth-order valence-corrected chi connectivity index (χ4v) is 1.79. The maximum absolute atomic E-state index is 11.9. The Morgan fingerprint density at radius 1 is 1.26 bits per heavy atom. The summed E-state index contributed by atoms with van der Waals surface area (Å²) in [4.78, 5) is 14.7. The molecule has 0 saturated carbocycles. The number of rotatable bonds is 2. The molecule has 0 aromatic heterocycles. The molecule has 102 valence electrons. The molecule has 3 nitrogen and oxygen atoms in total. The van der Waals surface area contributed by atoms with Gasteiger partial charge in [-0.15, -0.1) is 5.06 Å². The van der Waals surface area contributed by atoms with E-state index < -0.39 is 12.1 Å². The highest BCUT2D eigenvalue weighted by Crippen LogP contribution is 2.23. The van der Waals surface area contributed by atoms with Crippen molar-refractivity contribution in [2.75, 3.05) is 13.1 Å². The predicted molar refractivity (Wildman–Crippen MR) is 65.8 cm³/mol. The van der Waals surface area contributed by atoms with Crippen LogP contribution in [0.5, 0.6) is 0 Å². The quantitative estimate of drug-likeness (QED) is 0.831. The molecule has 0 aliphatic carbocycles. The van der Waals surface area contributed by atoms with Crippen molar-refractivity contribution in [3.05, 3.63) is 39.9 Å². The first kappa shape index (κ1) is 14.1. The van der Waals surface area contributed by atoms with E-state index in [-0.39, 0.29) is 13.1 Å². The van der Waals surface area contributed by atoms with Gasteiger partial charge in [-0.3, -0.25) is 0 Å². The van der Waals surface area contributed by atoms with Crippen LogP contribution in [0.2, 0.25) is 0 Å². The lowest BCUT2D eigenvalue weighted by atomic mass is 10.1. The Morgan fingerprint density at radius 3 is 2.37 bits per heavy atom. The van der Waals surface area contributed by atoms with E-state index in [0.717, 1.165) is 20.7 Å². The summed E-state index contributed by atoms with van der Waals surface area (Å²) in [6.45, 7) is 0.385. The maximum atomic E-state index is 11.9. The molecular weight excluding hydrogens is 327 g/mol. The van der Waals surface area contributed by atoms with E-state index in [1.807, 2.05) is 30.3 Å². The molecule has 19 heavy (non-hydrogen) atoms. The zero-order valence-corrected chi connectivity index (χ0v) is 11.2. The van der Waals surface area contributed by atoms with Gasteiger partial charge < -0.3 is 4.84 Å². The van der Waals surface area contributed by atoms with Gasteiger partial charge in [0, 0.05) is 4.47 Å². The van der Waals surface area contributed by atoms with E-state index in [9.17, 15) is 18.0 Å². The highest BCUT2D eigenvalue weighted by Gasteiger charge is 2.43. The lowest BCUT2D eigenvalue weighted by Crippen LogP contribution is -2.44. The Labute approximate surface area is 115 Å². The number of hydrogen-bond donors (Lipinski definition) is 0. The fourth-order valence-electron chi connectivity index (χ4n) is 1.53. The van der Waals surface area contributed by atoms with Crippen LogP contribution in [0.1, 0.15) is 5.56 Å². The van der Waals surface area contributed by atoms with Gasteiger partial charge in [0.15, 0.2) is 0 Å². The summed E-state index contributed by atoms with van der Waals surface area (Å²) in [5.74, 6) is -2.19. The molecule has 0 bridgehead atoms. The number of hydroxylamine groups is 2. The smallest absolute Gasteiger partial charge is 0.360 e. The Kier molecular flexibility index (Phi) is 3.96. The number of halogens is 4. The normalized spacial score (nSPS) is 15.9. The first-order valence-electron chi connectivity index (χ1n) is 5.34. The summed E-state index contributed by atoms with van der Waals surface area (Å²) >= 11 is 3.31. The SMILES string of the molecule is O=C(ON1CC(=Cc2ccc(Br)cc2)C1)C(F)(F)F. The number of nitrogens with zero attached hydrogens (tertiary/aromatic N) is 1. The number of hydrogen-bond acceptors (Lipinski definition) is 3. The van der Waals surface area contributed by atoms with Gasteiger partial charge in [0.2, 0.25) is 0 Å². The predicted octanol–water partition coefficient (Wildman–Crippen LogP) is 3.17. The highest BCUT2D eigenvalue weighted by atomic mass is 79.9. The summed E-state index contributed by atoms with van der Waals surface area (Å²) in [6.07, 6.45) is -3.10. The molecule has 1 heterocycles. The van der Waals surface area contributed by atoms with Crippen LogP contribution in [0.3, 0.4) is 0 Å². The molecule has 0 spiro atoms. The van der Waals surface area contributed by atoms with Crippen molar-refractivity contribution in [3.8, 4) is 0 Å². The molecule has 0 N–H and O–H groups in total. The topological polar surface area (TPSA) is 29.5 Å². The monoisotopic (exact) mass is 335 g/mol. The molecule has 7 heteroatoms. The Bertz CT molecular complexity index is 503. The van der Waals surface area contributed by atoms with Crippen LogP contribution in [0.15, 0.2) is 34.3 Å². The van der Waals surface area contributed by atoms with Crippen LogP contribution in [0.25, 0.3) is 6.08 Å². The summed E-state index contributed by atoms with van der Waals surface area (Å²) in [7, 11) is 0. The third-order valence-corrected chi connectivity index (χ3v) is 2.97. The fraction of sp³-hybridized carbons (Fsp3) is 0.250. The van der Waals surface area contributed by atoms with E-state index in [4.69, 9.17) is 0 Å². The molecule has 2 rings (SSSR count). The third-order valence-electron chi connectivity index (χ3n) is 2.44. The van der Waals surface area contributed by atoms with Crippen molar-refractivity contribution in [2.45, 2.75) is 6.18 Å². The van der Waals surface area contributed by atoms with Crippen molar-refractivity contribution in [2.24, 2.45) is 0 Å². The van der Waals surface area contributed by atoms with Crippen molar-refractivity contribution in [1.82, 2.24) is 5.06 Å². The van der Waals surface area contributed by atoms with Crippen molar-refractivity contribution < 1.29 is 22.8 Å². The van der Waals surface area contributed by atoms with Crippen LogP contribution in [-0.4, -0.2) is 30.3 Å². The van der Waals surface area contributed by atoms with E-state index in [0.29, 0.717) is 0 Å². The number of benzene rings is 1. The zero-order chi connectivity index (χ0) is 14.0. The molecule has 1 saturated heterocycles. The largest absolute Gasteiger partial charge is 0.492 e. The molecular formula is C12H9BrF3NO2. The van der Waals surface area contributed by atoms with E-state index in [1.54, 1.807) is 0 Å². The molecule has 0 unspecified atom stereocenters. The Balaban J connectivity index is 1.86. The summed E-state index contributed by atoms with van der Waals surface area (Å²) in [6, 6.07) is 7.49. The van der Waals surface area contributed by atoms with Crippen LogP contribution in [-0.2, 0) is 9.63 Å². The average Bonchev–Trinajstić information content (AvgIpc) is 2.27. The molecule has 0 atom stereocenters. The van der Waals surface area contributed by atoms with Gasteiger partial charge in [-0.2, -0.15) is 13.2 Å². The average molecular weight is 336 g/mol. The van der Waals surface area contributed by atoms with Crippen LogP contribution in [0, 0.1) is 0 Å². The lowest BCUT2D eigenvalue weighted by molar-refractivity contribution is -0.242. The van der Waals surface area contributed by atoms with Crippen LogP contribution < -0.4 is 0 Å². The summed E-state index contributed by atoms with van der Waals surface area (Å²) < 4.78 is 36.7. The maximum Gasteiger partial charge on any atom is 0.492 e. The molecule has 1 aromatic rings. The van der Waals surface area contributed by atoms with E-state index >= 15 is 0 Å². The standard InChI is InChI=1S/C12H9BrF3NO2/c13-10-3-1-8(2-4-10)5-9-6-17(7-9)19-11(18)12(14,15)16/h1-5H,6-7H2. The second kappa shape index (κ2) is 5.34. The minimum atomic E-state index is -4.95. The summed E-state index contributed by atoms with van der Waals surface area (Å²) in [5.41, 5.74) is 1.84. The first-order chi connectivity index (χ1) is 8.84. The first-order valence-corrected chi connectivity index (χ1v) is 6.13. The molecule has 0 radical (unpaired) electrons. The molecule has 0 amide bonds.